The number of hydrogen-bond acceptors (Lipinski definition) is 4. The second kappa shape index (κ2) is 5.54. The van der Waals surface area contributed by atoms with Gasteiger partial charge >= 0.3 is 0 Å². The molecular weight excluding hydrogens is 275 g/mol. The molecule has 0 spiro atoms. The van der Waals surface area contributed by atoms with E-state index in [1.54, 1.807) is 6.07 Å². The van der Waals surface area contributed by atoms with E-state index in [1.807, 2.05) is 24.6 Å². The van der Waals surface area contributed by atoms with E-state index in [0.29, 0.717) is 18.2 Å². The minimum absolute atomic E-state index is 0.165. The van der Waals surface area contributed by atoms with Crippen LogP contribution in [-0.2, 0) is 13.6 Å². The smallest absolute Gasteiger partial charge is 0.195 e. The topological polar surface area (TPSA) is 42.7 Å². The molecule has 4 nitrogen and oxygen atoms in total. The number of hydrogen-bond donors (Lipinski definition) is 1. The summed E-state index contributed by atoms with van der Waals surface area (Å²) in [6.45, 7) is 2.47. The van der Waals surface area contributed by atoms with Gasteiger partial charge in [0.05, 0.1) is 0 Å². The highest BCUT2D eigenvalue weighted by Gasteiger charge is 2.22. The Balaban J connectivity index is 1.83. The van der Waals surface area contributed by atoms with Crippen molar-refractivity contribution in [2.75, 3.05) is 0 Å². The number of halogens is 1. The Morgan fingerprint density at radius 2 is 2.20 bits per heavy atom. The molecule has 1 aliphatic carbocycles. The number of aryl methyl sites for hydroxylation is 1. The van der Waals surface area contributed by atoms with Crippen LogP contribution in [0.2, 0.25) is 0 Å². The van der Waals surface area contributed by atoms with E-state index < -0.39 is 0 Å². The van der Waals surface area contributed by atoms with Crippen LogP contribution < -0.4 is 5.32 Å². The molecule has 6 heteroatoms. The zero-order chi connectivity index (χ0) is 14.1. The quantitative estimate of drug-likeness (QED) is 0.920. The summed E-state index contributed by atoms with van der Waals surface area (Å²) in [7, 11) is 1.92. The van der Waals surface area contributed by atoms with E-state index in [-0.39, 0.29) is 5.82 Å². The molecular formula is C14H17FN4S. The van der Waals surface area contributed by atoms with Crippen LogP contribution in [0.1, 0.15) is 24.2 Å². The third-order valence-electron chi connectivity index (χ3n) is 3.47. The minimum Gasteiger partial charge on any atom is -0.310 e. The molecule has 1 fully saturated rings. The van der Waals surface area contributed by atoms with Gasteiger partial charge in [-0.25, -0.2) is 4.39 Å². The normalized spacial score (nSPS) is 14.8. The highest BCUT2D eigenvalue weighted by atomic mass is 32.2. The van der Waals surface area contributed by atoms with Crippen molar-refractivity contribution < 1.29 is 4.39 Å². The SMILES string of the molecule is Cc1nnc(Sc2cccc(F)c2CNC2CC2)n1C. The fourth-order valence-corrected chi connectivity index (χ4v) is 2.90. The lowest BCUT2D eigenvalue weighted by atomic mass is 10.2. The summed E-state index contributed by atoms with van der Waals surface area (Å²) < 4.78 is 15.9. The first kappa shape index (κ1) is 13.6. The Morgan fingerprint density at radius 3 is 2.85 bits per heavy atom. The van der Waals surface area contributed by atoms with Crippen LogP contribution in [-0.4, -0.2) is 20.8 Å². The van der Waals surface area contributed by atoms with Crippen LogP contribution in [0.5, 0.6) is 0 Å². The second-order valence-corrected chi connectivity index (χ2v) is 6.07. The van der Waals surface area contributed by atoms with Crippen LogP contribution in [0.3, 0.4) is 0 Å². The lowest BCUT2D eigenvalue weighted by molar-refractivity contribution is 0.579. The van der Waals surface area contributed by atoms with Crippen LogP contribution in [0, 0.1) is 12.7 Å². The van der Waals surface area contributed by atoms with Crippen LogP contribution in [0.4, 0.5) is 4.39 Å². The molecule has 1 saturated carbocycles. The van der Waals surface area contributed by atoms with E-state index in [2.05, 4.69) is 15.5 Å². The maximum atomic E-state index is 14.0. The van der Waals surface area contributed by atoms with Crippen molar-refractivity contribution in [2.45, 2.75) is 42.4 Å². The highest BCUT2D eigenvalue weighted by molar-refractivity contribution is 7.99. The summed E-state index contributed by atoms with van der Waals surface area (Å²) in [4.78, 5) is 0.897. The summed E-state index contributed by atoms with van der Waals surface area (Å²) in [5.74, 6) is 0.684. The predicted octanol–water partition coefficient (Wildman–Crippen LogP) is 2.67. The molecule has 20 heavy (non-hydrogen) atoms. The lowest BCUT2D eigenvalue weighted by Crippen LogP contribution is -2.17. The Labute approximate surface area is 121 Å². The van der Waals surface area contributed by atoms with Crippen LogP contribution in [0.15, 0.2) is 28.3 Å². The zero-order valence-corrected chi connectivity index (χ0v) is 12.4. The number of nitrogens with one attached hydrogen (secondary N) is 1. The van der Waals surface area contributed by atoms with Gasteiger partial charge in [0.15, 0.2) is 5.16 Å². The Bertz CT molecular complexity index is 622. The highest BCUT2D eigenvalue weighted by Crippen LogP contribution is 2.31. The molecule has 0 aliphatic heterocycles. The van der Waals surface area contributed by atoms with Crippen LogP contribution >= 0.6 is 11.8 Å². The summed E-state index contributed by atoms with van der Waals surface area (Å²) in [6, 6.07) is 5.74. The predicted molar refractivity (Wildman–Crippen MR) is 76.1 cm³/mol. The lowest BCUT2D eigenvalue weighted by Gasteiger charge is -2.10. The average molecular weight is 292 g/mol. The molecule has 0 saturated heterocycles. The largest absolute Gasteiger partial charge is 0.310 e. The first-order valence-electron chi connectivity index (χ1n) is 6.70. The molecule has 1 aliphatic rings. The molecule has 1 aromatic carbocycles. The molecule has 0 atom stereocenters. The van der Waals surface area contributed by atoms with Gasteiger partial charge in [0, 0.05) is 30.1 Å². The molecule has 0 amide bonds. The van der Waals surface area contributed by atoms with Gasteiger partial charge in [0.2, 0.25) is 0 Å². The van der Waals surface area contributed by atoms with Gasteiger partial charge in [-0.2, -0.15) is 0 Å². The van der Waals surface area contributed by atoms with E-state index in [1.165, 1.54) is 30.7 Å². The summed E-state index contributed by atoms with van der Waals surface area (Å²) in [5, 5.41) is 12.3. The van der Waals surface area contributed by atoms with Gasteiger partial charge < -0.3 is 9.88 Å². The van der Waals surface area contributed by atoms with Gasteiger partial charge in [-0.05, 0) is 43.7 Å². The molecule has 2 aromatic rings. The Kier molecular flexibility index (Phi) is 3.76. The van der Waals surface area contributed by atoms with Crippen molar-refractivity contribution in [3.8, 4) is 0 Å². The number of aromatic nitrogens is 3. The maximum absolute atomic E-state index is 14.0. The molecule has 1 heterocycles. The Hall–Kier alpha value is -1.40. The first-order valence-corrected chi connectivity index (χ1v) is 7.51. The zero-order valence-electron chi connectivity index (χ0n) is 11.6. The molecule has 1 N–H and O–H groups in total. The molecule has 0 unspecified atom stereocenters. The van der Waals surface area contributed by atoms with E-state index in [9.17, 15) is 4.39 Å². The van der Waals surface area contributed by atoms with Gasteiger partial charge in [-0.15, -0.1) is 10.2 Å². The molecule has 3 rings (SSSR count). The fourth-order valence-electron chi connectivity index (χ4n) is 1.91. The van der Waals surface area contributed by atoms with E-state index >= 15 is 0 Å². The van der Waals surface area contributed by atoms with Crippen molar-refractivity contribution in [3.63, 3.8) is 0 Å². The van der Waals surface area contributed by atoms with Crippen molar-refractivity contribution in [1.82, 2.24) is 20.1 Å². The minimum atomic E-state index is -0.165. The summed E-state index contributed by atoms with van der Waals surface area (Å²) in [6.07, 6.45) is 2.39. The molecule has 1 aromatic heterocycles. The van der Waals surface area contributed by atoms with Crippen molar-refractivity contribution in [3.05, 3.63) is 35.4 Å². The second-order valence-electron chi connectivity index (χ2n) is 5.06. The summed E-state index contributed by atoms with van der Waals surface area (Å²) >= 11 is 1.46. The molecule has 106 valence electrons. The maximum Gasteiger partial charge on any atom is 0.195 e. The summed E-state index contributed by atoms with van der Waals surface area (Å²) in [5.41, 5.74) is 0.713. The van der Waals surface area contributed by atoms with Crippen molar-refractivity contribution in [2.24, 2.45) is 7.05 Å². The molecule has 0 bridgehead atoms. The fraction of sp³-hybridized carbons (Fsp3) is 0.429. The Morgan fingerprint density at radius 1 is 1.40 bits per heavy atom. The van der Waals surface area contributed by atoms with Gasteiger partial charge in [-0.1, -0.05) is 6.07 Å². The third-order valence-corrected chi connectivity index (χ3v) is 4.62. The molecule has 0 radical (unpaired) electrons. The number of benzene rings is 1. The monoisotopic (exact) mass is 292 g/mol. The van der Waals surface area contributed by atoms with E-state index in [0.717, 1.165) is 15.9 Å². The first-order chi connectivity index (χ1) is 9.65. The third kappa shape index (κ3) is 2.86. The van der Waals surface area contributed by atoms with Gasteiger partial charge in [0.1, 0.15) is 11.6 Å². The van der Waals surface area contributed by atoms with Gasteiger partial charge in [-0.3, -0.25) is 0 Å². The van der Waals surface area contributed by atoms with Crippen molar-refractivity contribution >= 4 is 11.8 Å². The number of nitrogens with zero attached hydrogens (tertiary/aromatic N) is 3. The van der Waals surface area contributed by atoms with E-state index in [4.69, 9.17) is 0 Å². The van der Waals surface area contributed by atoms with Crippen molar-refractivity contribution in [1.29, 1.82) is 0 Å². The standard InChI is InChI=1S/C14H17FN4S/c1-9-17-18-14(19(9)2)20-13-5-3-4-12(15)11(13)8-16-10-6-7-10/h3-5,10,16H,6-8H2,1-2H3. The van der Waals surface area contributed by atoms with Gasteiger partial charge in [0.25, 0.3) is 0 Å². The average Bonchev–Trinajstić information content (AvgIpc) is 3.20. The number of rotatable bonds is 5. The van der Waals surface area contributed by atoms with Crippen LogP contribution in [0.25, 0.3) is 0 Å².